The second kappa shape index (κ2) is 11.4. The molecule has 1 aliphatic heterocycles. The van der Waals surface area contributed by atoms with E-state index in [2.05, 4.69) is 4.98 Å². The van der Waals surface area contributed by atoms with Gasteiger partial charge in [0.2, 0.25) is 0 Å². The molecule has 0 atom stereocenters. The van der Waals surface area contributed by atoms with Crippen LogP contribution in [0.3, 0.4) is 0 Å². The Morgan fingerprint density at radius 3 is 2.24 bits per heavy atom. The van der Waals surface area contributed by atoms with Crippen LogP contribution >= 0.6 is 23.7 Å². The number of thiazole rings is 1. The van der Waals surface area contributed by atoms with Gasteiger partial charge in [0.05, 0.1) is 41.7 Å². The molecular weight excluding hydrogens is 548 g/mol. The van der Waals surface area contributed by atoms with Crippen LogP contribution in [0.5, 0.6) is 5.75 Å². The predicted octanol–water partition coefficient (Wildman–Crippen LogP) is 5.74. The summed E-state index contributed by atoms with van der Waals surface area (Å²) in [5.41, 5.74) is -3.35. The first-order valence-electron chi connectivity index (χ1n) is 10.8. The van der Waals surface area contributed by atoms with Crippen molar-refractivity contribution >= 4 is 45.0 Å². The van der Waals surface area contributed by atoms with E-state index < -0.39 is 35.0 Å². The van der Waals surface area contributed by atoms with Gasteiger partial charge in [0.1, 0.15) is 5.75 Å². The Kier molecular flexibility index (Phi) is 8.93. The Bertz CT molecular complexity index is 1210. The molecule has 0 saturated carbocycles. The van der Waals surface area contributed by atoms with Crippen molar-refractivity contribution < 1.29 is 40.6 Å². The highest BCUT2D eigenvalue weighted by Crippen LogP contribution is 2.37. The first-order valence-corrected chi connectivity index (χ1v) is 11.6. The number of rotatable bonds is 6. The fourth-order valence-corrected chi connectivity index (χ4v) is 4.69. The highest BCUT2D eigenvalue weighted by molar-refractivity contribution is 7.22. The van der Waals surface area contributed by atoms with Crippen LogP contribution in [0.2, 0.25) is 0 Å². The number of anilines is 1. The van der Waals surface area contributed by atoms with E-state index in [0.29, 0.717) is 60.9 Å². The third-order valence-electron chi connectivity index (χ3n) is 5.64. The zero-order valence-electron chi connectivity index (χ0n) is 19.4. The maximum atomic E-state index is 13.5. The van der Waals surface area contributed by atoms with Crippen molar-refractivity contribution in [3.63, 3.8) is 0 Å². The van der Waals surface area contributed by atoms with Crippen LogP contribution in [0.15, 0.2) is 36.4 Å². The van der Waals surface area contributed by atoms with E-state index >= 15 is 0 Å². The number of carbonyl (C=O) groups excluding carboxylic acids is 1. The molecule has 1 amide bonds. The first kappa shape index (κ1) is 29.0. The zero-order valence-corrected chi connectivity index (χ0v) is 21.0. The first-order chi connectivity index (χ1) is 17.0. The lowest BCUT2D eigenvalue weighted by Crippen LogP contribution is -2.43. The summed E-state index contributed by atoms with van der Waals surface area (Å²) in [5, 5.41) is 0.155. The van der Waals surface area contributed by atoms with Gasteiger partial charge < -0.3 is 9.47 Å². The predicted molar refractivity (Wildman–Crippen MR) is 129 cm³/mol. The Labute approximate surface area is 218 Å². The molecule has 202 valence electrons. The van der Waals surface area contributed by atoms with Gasteiger partial charge in [-0.1, -0.05) is 11.3 Å². The topological polar surface area (TPSA) is 54.9 Å². The quantitative estimate of drug-likeness (QED) is 0.354. The summed E-state index contributed by atoms with van der Waals surface area (Å²) in [5.74, 6) is -0.496. The molecule has 14 heteroatoms. The van der Waals surface area contributed by atoms with Gasteiger partial charge in [-0.3, -0.25) is 14.6 Å². The number of nitrogens with zero attached hydrogens (tertiary/aromatic N) is 3. The maximum absolute atomic E-state index is 13.5. The molecule has 37 heavy (non-hydrogen) atoms. The molecule has 1 fully saturated rings. The van der Waals surface area contributed by atoms with Crippen LogP contribution < -0.4 is 9.64 Å². The molecule has 4 rings (SSSR count). The molecule has 1 aromatic heterocycles. The van der Waals surface area contributed by atoms with E-state index in [1.807, 2.05) is 4.90 Å². The summed E-state index contributed by atoms with van der Waals surface area (Å²) in [6.45, 7) is 2.48. The van der Waals surface area contributed by atoms with E-state index in [0.717, 1.165) is 16.2 Å². The SMILES string of the molecule is COc1ccc2sc(N(CCN3CCOCC3)C(=O)c3cc(C(F)(F)F)cc(C(F)(F)F)c3)nc2c1.Cl. The lowest BCUT2D eigenvalue weighted by atomic mass is 10.0. The molecule has 1 aliphatic rings. The second-order valence-electron chi connectivity index (χ2n) is 8.04. The fourth-order valence-electron chi connectivity index (χ4n) is 3.72. The van der Waals surface area contributed by atoms with Crippen molar-refractivity contribution in [1.29, 1.82) is 0 Å². The summed E-state index contributed by atoms with van der Waals surface area (Å²) in [6, 6.07) is 5.91. The van der Waals surface area contributed by atoms with Crippen molar-refractivity contribution in [1.82, 2.24) is 9.88 Å². The van der Waals surface area contributed by atoms with Crippen LogP contribution in [0.4, 0.5) is 31.5 Å². The lowest BCUT2D eigenvalue weighted by Gasteiger charge is -2.29. The van der Waals surface area contributed by atoms with E-state index in [1.54, 1.807) is 18.2 Å². The number of halogens is 7. The van der Waals surface area contributed by atoms with Crippen molar-refractivity contribution in [3.8, 4) is 5.75 Å². The largest absolute Gasteiger partial charge is 0.497 e. The van der Waals surface area contributed by atoms with Gasteiger partial charge >= 0.3 is 12.4 Å². The number of alkyl halides is 6. The van der Waals surface area contributed by atoms with Gasteiger partial charge in [0.25, 0.3) is 5.91 Å². The molecule has 0 aliphatic carbocycles. The highest BCUT2D eigenvalue weighted by Gasteiger charge is 2.38. The van der Waals surface area contributed by atoms with E-state index in [9.17, 15) is 31.1 Å². The molecule has 2 aromatic carbocycles. The van der Waals surface area contributed by atoms with E-state index in [-0.39, 0.29) is 30.1 Å². The van der Waals surface area contributed by atoms with Crippen LogP contribution in [0.1, 0.15) is 21.5 Å². The number of morpholine rings is 1. The summed E-state index contributed by atoms with van der Waals surface area (Å²) in [7, 11) is 1.47. The molecule has 2 heterocycles. The molecule has 0 unspecified atom stereocenters. The van der Waals surface area contributed by atoms with Gasteiger partial charge in [0, 0.05) is 37.8 Å². The smallest absolute Gasteiger partial charge is 0.416 e. The average Bonchev–Trinajstić information content (AvgIpc) is 3.26. The van der Waals surface area contributed by atoms with Crippen molar-refractivity contribution in [3.05, 3.63) is 53.1 Å². The van der Waals surface area contributed by atoms with Crippen LogP contribution in [0.25, 0.3) is 10.2 Å². The van der Waals surface area contributed by atoms with Gasteiger partial charge in [-0.25, -0.2) is 4.98 Å². The average molecular weight is 570 g/mol. The number of benzene rings is 2. The molecule has 0 spiro atoms. The fraction of sp³-hybridized carbons (Fsp3) is 0.391. The van der Waals surface area contributed by atoms with E-state index in [4.69, 9.17) is 9.47 Å². The number of hydrogen-bond donors (Lipinski definition) is 0. The number of hydrogen-bond acceptors (Lipinski definition) is 6. The van der Waals surface area contributed by atoms with Gasteiger partial charge in [-0.15, -0.1) is 12.4 Å². The number of fused-ring (bicyclic) bond motifs is 1. The minimum absolute atomic E-state index is 0. The molecule has 1 saturated heterocycles. The lowest BCUT2D eigenvalue weighted by molar-refractivity contribution is -0.143. The Morgan fingerprint density at radius 2 is 1.68 bits per heavy atom. The van der Waals surface area contributed by atoms with Crippen LogP contribution in [-0.2, 0) is 17.1 Å². The van der Waals surface area contributed by atoms with Crippen molar-refractivity contribution in [2.24, 2.45) is 0 Å². The zero-order chi connectivity index (χ0) is 26.1. The standard InChI is InChI=1S/C23H21F6N3O3S.ClH/c1-34-17-2-3-19-18(13-17)30-21(36-19)32(5-4-31-6-8-35-9-7-31)20(33)14-10-15(22(24,25)26)12-16(11-14)23(27,28)29;/h2-3,10-13H,4-9H2,1H3;1H. The minimum atomic E-state index is -5.07. The van der Waals surface area contributed by atoms with Gasteiger partial charge in [-0.2, -0.15) is 26.3 Å². The number of amides is 1. The summed E-state index contributed by atoms with van der Waals surface area (Å²) in [4.78, 5) is 21.0. The molecule has 0 radical (unpaired) electrons. The van der Waals surface area contributed by atoms with E-state index in [1.165, 1.54) is 7.11 Å². The molecule has 6 nitrogen and oxygen atoms in total. The Balaban J connectivity index is 0.00000380. The molecule has 3 aromatic rings. The summed E-state index contributed by atoms with van der Waals surface area (Å²) >= 11 is 1.10. The molecular formula is C23H22ClF6N3O3S. The molecule has 0 bridgehead atoms. The van der Waals surface area contributed by atoms with Gasteiger partial charge in [-0.05, 0) is 30.3 Å². The molecule has 0 N–H and O–H groups in total. The summed E-state index contributed by atoms with van der Waals surface area (Å²) in [6.07, 6.45) is -10.1. The third kappa shape index (κ3) is 6.83. The normalized spacial score (nSPS) is 14.9. The highest BCUT2D eigenvalue weighted by atomic mass is 35.5. The van der Waals surface area contributed by atoms with Crippen LogP contribution in [0, 0.1) is 0 Å². The Morgan fingerprint density at radius 1 is 1.05 bits per heavy atom. The second-order valence-corrected chi connectivity index (χ2v) is 9.04. The maximum Gasteiger partial charge on any atom is 0.416 e. The number of methoxy groups -OCH3 is 1. The van der Waals surface area contributed by atoms with Gasteiger partial charge in [0.15, 0.2) is 5.13 Å². The monoisotopic (exact) mass is 569 g/mol. The van der Waals surface area contributed by atoms with Crippen molar-refractivity contribution in [2.75, 3.05) is 51.4 Å². The third-order valence-corrected chi connectivity index (χ3v) is 6.70. The van der Waals surface area contributed by atoms with Crippen LogP contribution in [-0.4, -0.2) is 62.3 Å². The van der Waals surface area contributed by atoms with Crippen molar-refractivity contribution in [2.45, 2.75) is 12.4 Å². The number of carbonyl (C=O) groups is 1. The Hall–Kier alpha value is -2.61. The number of ether oxygens (including phenoxy) is 2. The number of aromatic nitrogens is 1. The minimum Gasteiger partial charge on any atom is -0.497 e. The summed E-state index contributed by atoms with van der Waals surface area (Å²) < 4.78 is 91.5.